The van der Waals surface area contributed by atoms with Gasteiger partial charge in [-0.1, -0.05) is 112 Å². The summed E-state index contributed by atoms with van der Waals surface area (Å²) < 4.78 is 14.0. The summed E-state index contributed by atoms with van der Waals surface area (Å²) in [5.74, 6) is -0.803. The third-order valence-corrected chi connectivity index (χ3v) is 15.5. The molecule has 2 amide bonds. The Morgan fingerprint density at radius 2 is 1.62 bits per heavy atom. The molecule has 7 heteroatoms. The molecule has 2 heterocycles. The molecular formula is C40H47NO5Si. The molecule has 0 radical (unpaired) electrons. The molecule has 4 atom stereocenters. The molecule has 1 N–H and O–H groups in total. The number of hydrogen-bond donors (Lipinski definition) is 1. The van der Waals surface area contributed by atoms with Crippen LogP contribution in [0.3, 0.4) is 0 Å². The fourth-order valence-corrected chi connectivity index (χ4v) is 12.8. The first-order valence-electron chi connectivity index (χ1n) is 16.9. The van der Waals surface area contributed by atoms with Crippen LogP contribution in [0.1, 0.15) is 58.9 Å². The van der Waals surface area contributed by atoms with E-state index in [0.717, 1.165) is 30.4 Å². The zero-order valence-corrected chi connectivity index (χ0v) is 29.2. The van der Waals surface area contributed by atoms with Gasteiger partial charge in [0.2, 0.25) is 11.8 Å². The standard InChI is InChI=1S/C40H47NO5Si/c1-6-27(22-28-14-13-15-30(42)23-28)20-21-35-36-29(24-33-37(34(36)26-45-35)39(44)41(5)38(33)43)25-46-47(40(2,3)4,31-16-9-7-10-17-31)32-18-11-8-12-19-32/h7-19,22-23,33-35,37,42H,6,20-21,24-26H2,1-5H3/b27-22+/t33-,34+,35-,37-/m1/s1. The van der Waals surface area contributed by atoms with E-state index in [9.17, 15) is 14.7 Å². The van der Waals surface area contributed by atoms with E-state index in [2.05, 4.69) is 82.3 Å². The molecular weight excluding hydrogens is 603 g/mol. The lowest BCUT2D eigenvalue weighted by Crippen LogP contribution is -2.66. The van der Waals surface area contributed by atoms with Crippen molar-refractivity contribution in [3.05, 3.63) is 107 Å². The number of carbonyl (C=O) groups excluding carboxylic acids is 2. The Morgan fingerprint density at radius 3 is 2.21 bits per heavy atom. The number of phenols is 1. The van der Waals surface area contributed by atoms with Crippen molar-refractivity contribution in [2.24, 2.45) is 17.8 Å². The molecule has 6 rings (SSSR count). The van der Waals surface area contributed by atoms with Crippen molar-refractivity contribution in [3.63, 3.8) is 0 Å². The smallest absolute Gasteiger partial charge is 0.261 e. The van der Waals surface area contributed by atoms with Crippen molar-refractivity contribution < 1.29 is 23.9 Å². The highest BCUT2D eigenvalue weighted by atomic mass is 28.4. The van der Waals surface area contributed by atoms with Crippen LogP contribution in [0.4, 0.5) is 0 Å². The van der Waals surface area contributed by atoms with Crippen molar-refractivity contribution in [2.75, 3.05) is 20.3 Å². The molecule has 0 spiro atoms. The highest BCUT2D eigenvalue weighted by Gasteiger charge is 2.57. The van der Waals surface area contributed by atoms with Crippen LogP contribution in [0.15, 0.2) is 102 Å². The Hall–Kier alpha value is -3.78. The molecule has 3 aromatic rings. The number of phenolic OH excluding ortho intramolecular Hbond substituents is 1. The molecule has 47 heavy (non-hydrogen) atoms. The van der Waals surface area contributed by atoms with Crippen molar-refractivity contribution in [2.45, 2.75) is 64.5 Å². The first-order chi connectivity index (χ1) is 22.5. The maximum atomic E-state index is 13.4. The molecule has 2 fully saturated rings. The fourth-order valence-electron chi connectivity index (χ4n) is 8.24. The van der Waals surface area contributed by atoms with Gasteiger partial charge in [-0.2, -0.15) is 0 Å². The average molecular weight is 650 g/mol. The molecule has 0 bridgehead atoms. The molecule has 3 aromatic carbocycles. The van der Waals surface area contributed by atoms with Crippen molar-refractivity contribution in [1.29, 1.82) is 0 Å². The number of aromatic hydroxyl groups is 1. The average Bonchev–Trinajstić information content (AvgIpc) is 3.58. The maximum Gasteiger partial charge on any atom is 0.261 e. The van der Waals surface area contributed by atoms with E-state index >= 15 is 0 Å². The van der Waals surface area contributed by atoms with Gasteiger partial charge in [0.25, 0.3) is 8.32 Å². The number of likely N-dealkylation sites (tertiary alicyclic amines) is 1. The lowest BCUT2D eigenvalue weighted by Gasteiger charge is -2.44. The van der Waals surface area contributed by atoms with Gasteiger partial charge >= 0.3 is 0 Å². The van der Waals surface area contributed by atoms with E-state index in [-0.39, 0.29) is 46.5 Å². The number of nitrogens with zero attached hydrogens (tertiary/aromatic N) is 1. The third kappa shape index (κ3) is 6.17. The summed E-state index contributed by atoms with van der Waals surface area (Å²) in [6.07, 6.45) is 5.02. The predicted octanol–water partition coefficient (Wildman–Crippen LogP) is 6.49. The summed E-state index contributed by atoms with van der Waals surface area (Å²) in [6, 6.07) is 28.6. The third-order valence-electron chi connectivity index (χ3n) is 10.5. The first-order valence-corrected chi connectivity index (χ1v) is 18.8. The summed E-state index contributed by atoms with van der Waals surface area (Å²) in [4.78, 5) is 28.2. The van der Waals surface area contributed by atoms with Gasteiger partial charge in [-0.05, 0) is 69.9 Å². The molecule has 2 saturated heterocycles. The molecule has 0 saturated carbocycles. The van der Waals surface area contributed by atoms with Gasteiger partial charge in [0, 0.05) is 13.0 Å². The fraction of sp³-hybridized carbons (Fsp3) is 0.400. The summed E-state index contributed by atoms with van der Waals surface area (Å²) in [5.41, 5.74) is 4.55. The van der Waals surface area contributed by atoms with Crippen LogP contribution < -0.4 is 10.4 Å². The first kappa shape index (κ1) is 33.1. The second kappa shape index (κ2) is 13.4. The topological polar surface area (TPSA) is 76.1 Å². The molecule has 6 nitrogen and oxygen atoms in total. The Morgan fingerprint density at radius 1 is 0.957 bits per heavy atom. The van der Waals surface area contributed by atoms with E-state index in [1.165, 1.54) is 26.4 Å². The summed E-state index contributed by atoms with van der Waals surface area (Å²) >= 11 is 0. The molecule has 246 valence electrons. The number of carbonyl (C=O) groups is 2. The number of hydrogen-bond acceptors (Lipinski definition) is 5. The Bertz CT molecular complexity index is 1640. The molecule has 1 aliphatic carbocycles. The number of amides is 2. The lowest BCUT2D eigenvalue weighted by molar-refractivity contribution is -0.138. The van der Waals surface area contributed by atoms with Crippen LogP contribution in [-0.2, 0) is 18.8 Å². The number of imide groups is 1. The van der Waals surface area contributed by atoms with E-state index in [0.29, 0.717) is 19.6 Å². The number of benzene rings is 3. The minimum absolute atomic E-state index is 0.0864. The van der Waals surface area contributed by atoms with Gasteiger partial charge in [-0.15, -0.1) is 0 Å². The minimum Gasteiger partial charge on any atom is -0.508 e. The normalized spacial score (nSPS) is 23.3. The van der Waals surface area contributed by atoms with Crippen molar-refractivity contribution in [1.82, 2.24) is 4.90 Å². The quantitative estimate of drug-likeness (QED) is 0.154. The maximum absolute atomic E-state index is 13.4. The predicted molar refractivity (Wildman–Crippen MR) is 189 cm³/mol. The van der Waals surface area contributed by atoms with Crippen molar-refractivity contribution in [3.8, 4) is 5.75 Å². The van der Waals surface area contributed by atoms with E-state index in [4.69, 9.17) is 9.16 Å². The summed E-state index contributed by atoms with van der Waals surface area (Å²) in [6.45, 7) is 9.81. The van der Waals surface area contributed by atoms with E-state index in [1.54, 1.807) is 19.2 Å². The van der Waals surface area contributed by atoms with E-state index < -0.39 is 8.32 Å². The van der Waals surface area contributed by atoms with Gasteiger partial charge < -0.3 is 14.3 Å². The van der Waals surface area contributed by atoms with Crippen LogP contribution >= 0.6 is 0 Å². The molecule has 3 aliphatic rings. The van der Waals surface area contributed by atoms with Gasteiger partial charge in [-0.25, -0.2) is 0 Å². The minimum atomic E-state index is -2.83. The van der Waals surface area contributed by atoms with Gasteiger partial charge in [0.1, 0.15) is 5.75 Å². The largest absolute Gasteiger partial charge is 0.508 e. The van der Waals surface area contributed by atoms with Crippen LogP contribution in [0.2, 0.25) is 5.04 Å². The number of allylic oxidation sites excluding steroid dienone is 1. The number of fused-ring (bicyclic) bond motifs is 3. The lowest BCUT2D eigenvalue weighted by atomic mass is 9.69. The Kier molecular flexibility index (Phi) is 9.43. The molecule has 2 aliphatic heterocycles. The van der Waals surface area contributed by atoms with Crippen LogP contribution in [0, 0.1) is 17.8 Å². The highest BCUT2D eigenvalue weighted by molar-refractivity contribution is 6.99. The Balaban J connectivity index is 1.38. The summed E-state index contributed by atoms with van der Waals surface area (Å²) in [7, 11) is -1.21. The Labute approximate surface area is 280 Å². The number of rotatable bonds is 10. The van der Waals surface area contributed by atoms with E-state index in [1.807, 2.05) is 24.3 Å². The zero-order valence-electron chi connectivity index (χ0n) is 28.2. The second-order valence-electron chi connectivity index (χ2n) is 14.3. The monoisotopic (exact) mass is 649 g/mol. The second-order valence-corrected chi connectivity index (χ2v) is 18.6. The SMILES string of the molecule is CC/C(=C\c1cccc(O)c1)CC[C@H]1OC[C@H]2C1=C(CO[Si](c1ccccc1)(c1ccccc1)C(C)(C)C)C[C@H]1C(=O)N(C)C(=O)[C@H]12. The molecule has 0 aromatic heterocycles. The van der Waals surface area contributed by atoms with Crippen LogP contribution in [-0.4, -0.2) is 56.5 Å². The molecule has 0 unspecified atom stereocenters. The zero-order chi connectivity index (χ0) is 33.3. The van der Waals surface area contributed by atoms with Gasteiger partial charge in [-0.3, -0.25) is 14.5 Å². The van der Waals surface area contributed by atoms with Crippen LogP contribution in [0.25, 0.3) is 6.08 Å². The van der Waals surface area contributed by atoms with Crippen molar-refractivity contribution >= 4 is 36.6 Å². The highest BCUT2D eigenvalue weighted by Crippen LogP contribution is 2.50. The summed E-state index contributed by atoms with van der Waals surface area (Å²) in [5, 5.41) is 12.2. The van der Waals surface area contributed by atoms with Gasteiger partial charge in [0.15, 0.2) is 0 Å². The van der Waals surface area contributed by atoms with Crippen LogP contribution in [0.5, 0.6) is 5.75 Å². The number of ether oxygens (including phenoxy) is 1. The van der Waals surface area contributed by atoms with Gasteiger partial charge in [0.05, 0.1) is 31.2 Å².